The second kappa shape index (κ2) is 8.09. The number of benzene rings is 1. The maximum absolute atomic E-state index is 11.6. The Morgan fingerprint density at radius 1 is 1.21 bits per heavy atom. The molecule has 0 amide bonds. The average molecular weight is 331 g/mol. The molecule has 0 bridgehead atoms. The fourth-order valence-corrected chi connectivity index (χ4v) is 2.36. The molecule has 0 fully saturated rings. The van der Waals surface area contributed by atoms with E-state index in [1.165, 1.54) is 6.33 Å². The van der Waals surface area contributed by atoms with E-state index in [9.17, 15) is 10.1 Å². The lowest BCUT2D eigenvalue weighted by Gasteiger charge is -2.20. The van der Waals surface area contributed by atoms with E-state index in [4.69, 9.17) is 4.74 Å². The number of hydrogen-bond acceptors (Lipinski definition) is 7. The van der Waals surface area contributed by atoms with Crippen LogP contribution in [0.15, 0.2) is 30.6 Å². The molecular weight excluding hydrogens is 310 g/mol. The Bertz CT molecular complexity index is 704. The van der Waals surface area contributed by atoms with E-state index in [0.717, 1.165) is 0 Å². The monoisotopic (exact) mass is 331 g/mol. The third-order valence-electron chi connectivity index (χ3n) is 3.49. The van der Waals surface area contributed by atoms with Crippen LogP contribution in [0, 0.1) is 10.1 Å². The summed E-state index contributed by atoms with van der Waals surface area (Å²) in [4.78, 5) is 21.1. The minimum absolute atomic E-state index is 0.143. The highest BCUT2D eigenvalue weighted by Crippen LogP contribution is 2.35. The molecule has 0 aliphatic rings. The summed E-state index contributed by atoms with van der Waals surface area (Å²) in [6.07, 6.45) is 1.33. The van der Waals surface area contributed by atoms with Gasteiger partial charge in [-0.25, -0.2) is 9.97 Å². The van der Waals surface area contributed by atoms with Gasteiger partial charge in [0.15, 0.2) is 0 Å². The number of nitrogens with one attached hydrogen (secondary N) is 1. The molecule has 1 aromatic carbocycles. The van der Waals surface area contributed by atoms with Crippen molar-refractivity contribution < 1.29 is 9.66 Å². The van der Waals surface area contributed by atoms with Gasteiger partial charge in [-0.05, 0) is 32.9 Å². The number of rotatable bonds is 8. The second-order valence-electron chi connectivity index (χ2n) is 4.88. The second-order valence-corrected chi connectivity index (χ2v) is 4.88. The lowest BCUT2D eigenvalue weighted by Crippen LogP contribution is -2.24. The van der Waals surface area contributed by atoms with Crippen molar-refractivity contribution in [3.63, 3.8) is 0 Å². The van der Waals surface area contributed by atoms with Gasteiger partial charge in [0, 0.05) is 13.1 Å². The van der Waals surface area contributed by atoms with Gasteiger partial charge in [0.25, 0.3) is 0 Å². The SMILES string of the molecule is CCOc1ccccc1Nc1ncnc(N(CC)CC)c1[N+](=O)[O-]. The first-order valence-electron chi connectivity index (χ1n) is 7.85. The van der Waals surface area contributed by atoms with Gasteiger partial charge in [0.05, 0.1) is 17.2 Å². The van der Waals surface area contributed by atoms with Crippen molar-refractivity contribution in [3.8, 4) is 5.75 Å². The van der Waals surface area contributed by atoms with E-state index in [0.29, 0.717) is 37.0 Å². The van der Waals surface area contributed by atoms with Crippen molar-refractivity contribution in [2.24, 2.45) is 0 Å². The number of anilines is 3. The van der Waals surface area contributed by atoms with E-state index in [1.807, 2.05) is 37.8 Å². The smallest absolute Gasteiger partial charge is 0.353 e. The number of ether oxygens (including phenoxy) is 1. The van der Waals surface area contributed by atoms with Crippen LogP contribution < -0.4 is 15.0 Å². The third kappa shape index (κ3) is 3.70. The van der Waals surface area contributed by atoms with Gasteiger partial charge in [0.1, 0.15) is 12.1 Å². The lowest BCUT2D eigenvalue weighted by atomic mass is 10.3. The molecule has 2 rings (SSSR count). The van der Waals surface area contributed by atoms with Crippen molar-refractivity contribution in [1.82, 2.24) is 9.97 Å². The molecule has 0 aliphatic heterocycles. The van der Waals surface area contributed by atoms with Gasteiger partial charge < -0.3 is 15.0 Å². The highest BCUT2D eigenvalue weighted by Gasteiger charge is 2.26. The molecule has 24 heavy (non-hydrogen) atoms. The Hall–Kier alpha value is -2.90. The van der Waals surface area contributed by atoms with Crippen molar-refractivity contribution in [1.29, 1.82) is 0 Å². The molecule has 0 saturated carbocycles. The van der Waals surface area contributed by atoms with E-state index >= 15 is 0 Å². The summed E-state index contributed by atoms with van der Waals surface area (Å²) in [7, 11) is 0. The highest BCUT2D eigenvalue weighted by molar-refractivity contribution is 5.76. The fourth-order valence-electron chi connectivity index (χ4n) is 2.36. The first kappa shape index (κ1) is 17.5. The molecule has 1 heterocycles. The first-order valence-corrected chi connectivity index (χ1v) is 7.85. The molecule has 0 atom stereocenters. The maximum atomic E-state index is 11.6. The van der Waals surface area contributed by atoms with Crippen LogP contribution >= 0.6 is 0 Å². The van der Waals surface area contributed by atoms with Crippen molar-refractivity contribution in [2.75, 3.05) is 29.9 Å². The van der Waals surface area contributed by atoms with Crippen LogP contribution in [0.3, 0.4) is 0 Å². The van der Waals surface area contributed by atoms with Gasteiger partial charge in [-0.2, -0.15) is 0 Å². The number of para-hydroxylation sites is 2. The number of hydrogen-bond donors (Lipinski definition) is 1. The Kier molecular flexibility index (Phi) is 5.89. The largest absolute Gasteiger partial charge is 0.492 e. The zero-order valence-electron chi connectivity index (χ0n) is 14.0. The highest BCUT2D eigenvalue weighted by atomic mass is 16.6. The van der Waals surface area contributed by atoms with E-state index in [2.05, 4.69) is 15.3 Å². The fraction of sp³-hybridized carbons (Fsp3) is 0.375. The Morgan fingerprint density at radius 2 is 1.92 bits per heavy atom. The molecule has 0 radical (unpaired) electrons. The topological polar surface area (TPSA) is 93.4 Å². The molecule has 1 aromatic heterocycles. The standard InChI is InChI=1S/C16H21N5O3/c1-4-20(5-2)16-14(21(22)23)15(17-11-18-16)19-12-9-7-8-10-13(12)24-6-3/h7-11H,4-6H2,1-3H3,(H,17,18,19). The molecule has 0 spiro atoms. The van der Waals surface area contributed by atoms with E-state index < -0.39 is 4.92 Å². The molecule has 0 saturated heterocycles. The van der Waals surface area contributed by atoms with E-state index in [-0.39, 0.29) is 11.5 Å². The van der Waals surface area contributed by atoms with Crippen molar-refractivity contribution >= 4 is 23.0 Å². The molecule has 0 aliphatic carbocycles. The Labute approximate surface area is 140 Å². The summed E-state index contributed by atoms with van der Waals surface area (Å²) >= 11 is 0. The predicted molar refractivity (Wildman–Crippen MR) is 93.1 cm³/mol. The molecule has 0 unspecified atom stereocenters. The van der Waals surface area contributed by atoms with Gasteiger partial charge in [0.2, 0.25) is 11.6 Å². The van der Waals surface area contributed by atoms with Crippen LogP contribution in [0.2, 0.25) is 0 Å². The third-order valence-corrected chi connectivity index (χ3v) is 3.49. The Morgan fingerprint density at radius 3 is 2.54 bits per heavy atom. The number of aromatic nitrogens is 2. The molecular formula is C16H21N5O3. The van der Waals surface area contributed by atoms with Gasteiger partial charge >= 0.3 is 5.69 Å². The zero-order valence-corrected chi connectivity index (χ0v) is 14.0. The van der Waals surface area contributed by atoms with Gasteiger partial charge in [-0.3, -0.25) is 10.1 Å². The van der Waals surface area contributed by atoms with E-state index in [1.54, 1.807) is 12.1 Å². The maximum Gasteiger partial charge on any atom is 0.353 e. The summed E-state index contributed by atoms with van der Waals surface area (Å²) < 4.78 is 5.54. The van der Waals surface area contributed by atoms with Crippen LogP contribution in [-0.4, -0.2) is 34.6 Å². The predicted octanol–water partition coefficient (Wildman–Crippen LogP) is 3.37. The number of nitro groups is 1. The van der Waals surface area contributed by atoms with Crippen LogP contribution in [0.1, 0.15) is 20.8 Å². The van der Waals surface area contributed by atoms with Crippen LogP contribution in [-0.2, 0) is 0 Å². The minimum Gasteiger partial charge on any atom is -0.492 e. The van der Waals surface area contributed by atoms with Crippen LogP contribution in [0.5, 0.6) is 5.75 Å². The number of nitrogens with zero attached hydrogens (tertiary/aromatic N) is 4. The van der Waals surface area contributed by atoms with Crippen molar-refractivity contribution in [2.45, 2.75) is 20.8 Å². The van der Waals surface area contributed by atoms with Crippen molar-refractivity contribution in [3.05, 3.63) is 40.7 Å². The molecule has 1 N–H and O–H groups in total. The normalized spacial score (nSPS) is 10.3. The quantitative estimate of drug-likeness (QED) is 0.585. The van der Waals surface area contributed by atoms with Gasteiger partial charge in [-0.1, -0.05) is 12.1 Å². The molecule has 8 nitrogen and oxygen atoms in total. The summed E-state index contributed by atoms with van der Waals surface area (Å²) in [6, 6.07) is 7.24. The Balaban J connectivity index is 2.48. The lowest BCUT2D eigenvalue weighted by molar-refractivity contribution is -0.383. The average Bonchev–Trinajstić information content (AvgIpc) is 2.58. The molecule has 2 aromatic rings. The summed E-state index contributed by atoms with van der Waals surface area (Å²) in [6.45, 7) is 7.45. The zero-order chi connectivity index (χ0) is 17.5. The summed E-state index contributed by atoms with van der Waals surface area (Å²) in [5.74, 6) is 1.05. The molecule has 128 valence electrons. The minimum atomic E-state index is -0.459. The molecule has 8 heteroatoms. The summed E-state index contributed by atoms with van der Waals surface area (Å²) in [5.41, 5.74) is 0.471. The summed E-state index contributed by atoms with van der Waals surface area (Å²) in [5, 5.41) is 14.6. The van der Waals surface area contributed by atoms with Gasteiger partial charge in [-0.15, -0.1) is 0 Å². The first-order chi connectivity index (χ1) is 11.6. The van der Waals surface area contributed by atoms with Crippen LogP contribution in [0.25, 0.3) is 0 Å². The van der Waals surface area contributed by atoms with Crippen LogP contribution in [0.4, 0.5) is 23.0 Å².